The lowest BCUT2D eigenvalue weighted by atomic mass is 9.98. The fraction of sp³-hybridized carbons (Fsp3) is 0.280. The number of benzene rings is 2. The Bertz CT molecular complexity index is 1040. The summed E-state index contributed by atoms with van der Waals surface area (Å²) in [4.78, 5) is 28.3. The summed E-state index contributed by atoms with van der Waals surface area (Å²) in [5.74, 6) is 1.20. The fourth-order valence-corrected chi connectivity index (χ4v) is 3.84. The van der Waals surface area contributed by atoms with Crippen LogP contribution in [0.1, 0.15) is 43.8 Å². The van der Waals surface area contributed by atoms with Gasteiger partial charge in [0.25, 0.3) is 5.91 Å². The van der Waals surface area contributed by atoms with Gasteiger partial charge in [-0.2, -0.15) is 0 Å². The van der Waals surface area contributed by atoms with Crippen LogP contribution in [0.5, 0.6) is 0 Å². The smallest absolute Gasteiger partial charge is 0.252 e. The van der Waals surface area contributed by atoms with E-state index in [9.17, 15) is 9.59 Å². The van der Waals surface area contributed by atoms with Gasteiger partial charge in [-0.05, 0) is 25.1 Å². The molecule has 3 aromatic rings. The number of ketones is 1. The molecule has 1 saturated heterocycles. The molecule has 4 rings (SSSR count). The van der Waals surface area contributed by atoms with E-state index in [1.54, 1.807) is 36.4 Å². The van der Waals surface area contributed by atoms with Crippen LogP contribution in [0.2, 0.25) is 0 Å². The quantitative estimate of drug-likeness (QED) is 0.594. The van der Waals surface area contributed by atoms with Gasteiger partial charge in [0.05, 0.1) is 24.8 Å². The number of furan rings is 1. The fourth-order valence-electron chi connectivity index (χ4n) is 3.84. The minimum atomic E-state index is -0.276. The molecular formula is C25H26N2O4. The molecule has 160 valence electrons. The van der Waals surface area contributed by atoms with Gasteiger partial charge in [-0.3, -0.25) is 14.5 Å². The van der Waals surface area contributed by atoms with Gasteiger partial charge in [0.15, 0.2) is 5.78 Å². The number of nitrogens with zero attached hydrogens (tertiary/aromatic N) is 1. The first-order chi connectivity index (χ1) is 15.1. The highest BCUT2D eigenvalue weighted by Gasteiger charge is 2.26. The highest BCUT2D eigenvalue weighted by Crippen LogP contribution is 2.24. The van der Waals surface area contributed by atoms with Crippen molar-refractivity contribution in [2.75, 3.05) is 32.8 Å². The predicted octanol–water partition coefficient (Wildman–Crippen LogP) is 3.62. The van der Waals surface area contributed by atoms with Gasteiger partial charge >= 0.3 is 0 Å². The summed E-state index contributed by atoms with van der Waals surface area (Å²) in [6, 6.07) is 19.7. The molecule has 0 aliphatic carbocycles. The summed E-state index contributed by atoms with van der Waals surface area (Å²) < 4.78 is 11.3. The molecule has 0 radical (unpaired) electrons. The second kappa shape index (κ2) is 9.73. The Labute approximate surface area is 181 Å². The largest absolute Gasteiger partial charge is 0.465 e. The molecule has 2 heterocycles. The molecule has 0 bridgehead atoms. The molecule has 1 unspecified atom stereocenters. The third-order valence-corrected chi connectivity index (χ3v) is 5.48. The van der Waals surface area contributed by atoms with E-state index in [1.165, 1.54) is 0 Å². The third-order valence-electron chi connectivity index (χ3n) is 5.48. The molecule has 1 amide bonds. The minimum absolute atomic E-state index is 0.0986. The van der Waals surface area contributed by atoms with Crippen LogP contribution in [0.3, 0.4) is 0 Å². The first-order valence-corrected chi connectivity index (χ1v) is 10.5. The van der Waals surface area contributed by atoms with Gasteiger partial charge in [-0.25, -0.2) is 0 Å². The molecule has 1 aliphatic heterocycles. The maximum Gasteiger partial charge on any atom is 0.252 e. The van der Waals surface area contributed by atoms with Crippen molar-refractivity contribution >= 4 is 11.7 Å². The number of nitrogens with one attached hydrogen (secondary N) is 1. The molecule has 1 fully saturated rings. The average Bonchev–Trinajstić information content (AvgIpc) is 3.25. The van der Waals surface area contributed by atoms with Crippen molar-refractivity contribution in [2.24, 2.45) is 0 Å². The maximum atomic E-state index is 13.1. The summed E-state index contributed by atoms with van der Waals surface area (Å²) in [6.07, 6.45) is 0. The molecule has 1 atom stereocenters. The van der Waals surface area contributed by atoms with Gasteiger partial charge in [-0.1, -0.05) is 48.5 Å². The van der Waals surface area contributed by atoms with Crippen molar-refractivity contribution in [1.82, 2.24) is 10.2 Å². The number of amides is 1. The highest BCUT2D eigenvalue weighted by atomic mass is 16.5. The molecule has 1 aromatic heterocycles. The molecule has 6 heteroatoms. The van der Waals surface area contributed by atoms with E-state index in [1.807, 2.05) is 37.3 Å². The first-order valence-electron chi connectivity index (χ1n) is 10.5. The van der Waals surface area contributed by atoms with Gasteiger partial charge < -0.3 is 14.5 Å². The van der Waals surface area contributed by atoms with Crippen LogP contribution in [0.25, 0.3) is 0 Å². The van der Waals surface area contributed by atoms with Crippen LogP contribution < -0.4 is 5.32 Å². The number of hydrogen-bond acceptors (Lipinski definition) is 5. The van der Waals surface area contributed by atoms with Crippen molar-refractivity contribution < 1.29 is 18.7 Å². The monoisotopic (exact) mass is 418 g/mol. The van der Waals surface area contributed by atoms with E-state index in [-0.39, 0.29) is 17.7 Å². The van der Waals surface area contributed by atoms with Crippen LogP contribution in [0.4, 0.5) is 0 Å². The van der Waals surface area contributed by atoms with E-state index in [0.717, 1.165) is 24.6 Å². The Hall–Kier alpha value is -3.22. The second-order valence-electron chi connectivity index (χ2n) is 7.56. The number of morpholine rings is 1. The van der Waals surface area contributed by atoms with Gasteiger partial charge in [0.2, 0.25) is 0 Å². The topological polar surface area (TPSA) is 71.8 Å². The molecule has 1 N–H and O–H groups in total. The second-order valence-corrected chi connectivity index (χ2v) is 7.56. The first kappa shape index (κ1) is 21.0. The van der Waals surface area contributed by atoms with Crippen molar-refractivity contribution in [2.45, 2.75) is 13.0 Å². The predicted molar refractivity (Wildman–Crippen MR) is 117 cm³/mol. The van der Waals surface area contributed by atoms with Crippen molar-refractivity contribution in [3.8, 4) is 0 Å². The molecule has 31 heavy (non-hydrogen) atoms. The van der Waals surface area contributed by atoms with E-state index in [4.69, 9.17) is 9.15 Å². The standard InChI is InChI=1S/C25H26N2O4/c1-18-11-12-23(31-18)22(27-13-15-30-16-14-27)17-26-25(29)21-10-6-5-9-20(21)24(28)19-7-3-2-4-8-19/h2-12,22H,13-17H2,1H3,(H,26,29). The van der Waals surface area contributed by atoms with Gasteiger partial charge in [0, 0.05) is 30.8 Å². The number of aryl methyl sites for hydroxylation is 1. The van der Waals surface area contributed by atoms with E-state index >= 15 is 0 Å². The van der Waals surface area contributed by atoms with Crippen LogP contribution in [-0.4, -0.2) is 49.4 Å². The van der Waals surface area contributed by atoms with E-state index in [2.05, 4.69) is 10.2 Å². The van der Waals surface area contributed by atoms with Crippen LogP contribution >= 0.6 is 0 Å². The van der Waals surface area contributed by atoms with Crippen molar-refractivity contribution in [1.29, 1.82) is 0 Å². The summed E-state index contributed by atoms with van der Waals surface area (Å²) >= 11 is 0. The van der Waals surface area contributed by atoms with Crippen LogP contribution in [0.15, 0.2) is 71.1 Å². The number of rotatable bonds is 7. The number of ether oxygens (including phenoxy) is 1. The summed E-state index contributed by atoms with van der Waals surface area (Å²) in [7, 11) is 0. The van der Waals surface area contributed by atoms with Crippen LogP contribution in [0, 0.1) is 6.92 Å². The zero-order valence-electron chi connectivity index (χ0n) is 17.5. The van der Waals surface area contributed by atoms with Crippen molar-refractivity contribution in [3.05, 3.63) is 94.9 Å². The summed E-state index contributed by atoms with van der Waals surface area (Å²) in [5.41, 5.74) is 1.32. The average molecular weight is 418 g/mol. The lowest BCUT2D eigenvalue weighted by Crippen LogP contribution is -2.43. The molecule has 0 saturated carbocycles. The summed E-state index contributed by atoms with van der Waals surface area (Å²) in [6.45, 7) is 5.12. The Morgan fingerprint density at radius 3 is 2.29 bits per heavy atom. The minimum Gasteiger partial charge on any atom is -0.465 e. The molecular weight excluding hydrogens is 392 g/mol. The Balaban J connectivity index is 1.53. The van der Waals surface area contributed by atoms with Gasteiger partial charge in [-0.15, -0.1) is 0 Å². The SMILES string of the molecule is Cc1ccc(C(CNC(=O)c2ccccc2C(=O)c2ccccc2)N2CCOCC2)o1. The number of carbonyl (C=O) groups excluding carboxylic acids is 2. The number of carbonyl (C=O) groups is 2. The third kappa shape index (κ3) is 4.93. The van der Waals surface area contributed by atoms with Crippen molar-refractivity contribution in [3.63, 3.8) is 0 Å². The zero-order chi connectivity index (χ0) is 21.6. The Morgan fingerprint density at radius 2 is 1.61 bits per heavy atom. The number of hydrogen-bond donors (Lipinski definition) is 1. The van der Waals surface area contributed by atoms with E-state index in [0.29, 0.717) is 36.4 Å². The molecule has 1 aliphatic rings. The van der Waals surface area contributed by atoms with Gasteiger partial charge in [0.1, 0.15) is 11.5 Å². The molecule has 0 spiro atoms. The summed E-state index contributed by atoms with van der Waals surface area (Å²) in [5, 5.41) is 3.02. The lowest BCUT2D eigenvalue weighted by molar-refractivity contribution is 0.0117. The Morgan fingerprint density at radius 1 is 0.935 bits per heavy atom. The highest BCUT2D eigenvalue weighted by molar-refractivity contribution is 6.15. The van der Waals surface area contributed by atoms with Crippen LogP contribution in [-0.2, 0) is 4.74 Å². The Kier molecular flexibility index (Phi) is 6.60. The van der Waals surface area contributed by atoms with E-state index < -0.39 is 0 Å². The normalized spacial score (nSPS) is 15.4. The lowest BCUT2D eigenvalue weighted by Gasteiger charge is -2.33. The molecule has 6 nitrogen and oxygen atoms in total. The zero-order valence-corrected chi connectivity index (χ0v) is 17.5. The maximum absolute atomic E-state index is 13.1. The molecule has 2 aromatic carbocycles.